The molecule has 0 amide bonds. The minimum Gasteiger partial charge on any atom is -0.494 e. The molecule has 0 heterocycles. The van der Waals surface area contributed by atoms with Crippen LogP contribution in [0.15, 0.2) is 48.5 Å². The number of aliphatic carboxylic acids is 1. The Morgan fingerprint density at radius 3 is 2.29 bits per heavy atom. The highest BCUT2D eigenvalue weighted by atomic mass is 19.4. The number of alkyl halides is 3. The minimum atomic E-state index is -4.38. The maximum atomic E-state index is 13.2. The van der Waals surface area contributed by atoms with Crippen molar-refractivity contribution in [3.63, 3.8) is 0 Å². The molecule has 1 aliphatic carbocycles. The minimum absolute atomic E-state index is 0.0161. The molecule has 3 rings (SSSR count). The van der Waals surface area contributed by atoms with Gasteiger partial charge in [-0.3, -0.25) is 9.69 Å². The van der Waals surface area contributed by atoms with E-state index in [-0.39, 0.29) is 24.3 Å². The first-order chi connectivity index (χ1) is 16.6. The predicted octanol–water partition coefficient (Wildman–Crippen LogP) is 6.99. The average Bonchev–Trinajstić information content (AvgIpc) is 2.79. The van der Waals surface area contributed by atoms with Crippen molar-refractivity contribution >= 4 is 5.97 Å². The Labute approximate surface area is 206 Å². The Bertz CT molecular complexity index is 941. The van der Waals surface area contributed by atoms with Crippen molar-refractivity contribution in [3.8, 4) is 5.75 Å². The van der Waals surface area contributed by atoms with E-state index in [9.17, 15) is 23.1 Å². The number of hydrogen-bond acceptors (Lipinski definition) is 3. The maximum absolute atomic E-state index is 13.2. The van der Waals surface area contributed by atoms with Gasteiger partial charge in [0.15, 0.2) is 0 Å². The van der Waals surface area contributed by atoms with E-state index in [1.54, 1.807) is 12.1 Å². The summed E-state index contributed by atoms with van der Waals surface area (Å²) in [6, 6.07) is 13.6. The molecule has 1 N–H and O–H groups in total. The normalized spacial score (nSPS) is 20.9. The third-order valence-electron chi connectivity index (χ3n) is 6.74. The zero-order chi connectivity index (χ0) is 25.6. The van der Waals surface area contributed by atoms with Crippen LogP contribution in [0.25, 0.3) is 0 Å². The maximum Gasteiger partial charge on any atom is 0.416 e. The van der Waals surface area contributed by atoms with Gasteiger partial charge in [0.05, 0.1) is 12.2 Å². The Morgan fingerprint density at radius 2 is 1.74 bits per heavy atom. The lowest BCUT2D eigenvalue weighted by Gasteiger charge is -2.43. The van der Waals surface area contributed by atoms with Gasteiger partial charge in [-0.1, -0.05) is 38.1 Å². The largest absolute Gasteiger partial charge is 0.494 e. The van der Waals surface area contributed by atoms with Crippen LogP contribution in [0.5, 0.6) is 5.75 Å². The number of benzene rings is 2. The van der Waals surface area contributed by atoms with E-state index in [2.05, 4.69) is 30.9 Å². The van der Waals surface area contributed by atoms with E-state index < -0.39 is 17.7 Å². The van der Waals surface area contributed by atoms with Crippen LogP contribution in [0.2, 0.25) is 0 Å². The first-order valence-corrected chi connectivity index (χ1v) is 12.4. The topological polar surface area (TPSA) is 49.8 Å². The summed E-state index contributed by atoms with van der Waals surface area (Å²) in [4.78, 5) is 13.8. The molecule has 1 aliphatic rings. The van der Waals surface area contributed by atoms with Crippen LogP contribution in [0, 0.1) is 11.8 Å². The van der Waals surface area contributed by atoms with E-state index >= 15 is 0 Å². The molecule has 7 heteroatoms. The summed E-state index contributed by atoms with van der Waals surface area (Å²) in [5.41, 5.74) is 1.33. The van der Waals surface area contributed by atoms with Crippen molar-refractivity contribution in [2.75, 3.05) is 13.2 Å². The molecule has 3 atom stereocenters. The SMILES string of the molecule is CCOc1ccc(CN(CC(C)C)[C@@H]2CC[C@@H](CC(=O)O)C[C@H]2c2ccc(C(F)(F)F)cc2)cc1. The van der Waals surface area contributed by atoms with Crippen molar-refractivity contribution < 1.29 is 27.8 Å². The third-order valence-corrected chi connectivity index (χ3v) is 6.74. The molecule has 0 saturated heterocycles. The average molecular weight is 492 g/mol. The molecular formula is C28H36F3NO3. The van der Waals surface area contributed by atoms with Crippen molar-refractivity contribution in [2.45, 2.75) is 71.1 Å². The lowest BCUT2D eigenvalue weighted by molar-refractivity contribution is -0.139. The van der Waals surface area contributed by atoms with Gasteiger partial charge in [0.2, 0.25) is 0 Å². The van der Waals surface area contributed by atoms with E-state index in [1.807, 2.05) is 19.1 Å². The predicted molar refractivity (Wildman–Crippen MR) is 130 cm³/mol. The van der Waals surface area contributed by atoms with Gasteiger partial charge in [0.25, 0.3) is 0 Å². The number of carboxylic acids is 1. The summed E-state index contributed by atoms with van der Waals surface area (Å²) in [7, 11) is 0. The highest BCUT2D eigenvalue weighted by Crippen LogP contribution is 2.42. The van der Waals surface area contributed by atoms with E-state index in [0.29, 0.717) is 18.9 Å². The molecule has 35 heavy (non-hydrogen) atoms. The van der Waals surface area contributed by atoms with Crippen molar-refractivity contribution in [1.29, 1.82) is 0 Å². The Kier molecular flexibility index (Phi) is 9.22. The standard InChI is InChI=1S/C28H36F3NO3/c1-4-35-24-12-5-20(6-13-24)18-32(17-19(2)3)26-14-7-21(16-27(33)34)15-25(26)22-8-10-23(11-9-22)28(29,30)31/h5-6,8-13,19,21,25-26H,4,7,14-18H2,1-3H3,(H,33,34)/t21-,25+,26-/m1/s1. The van der Waals surface area contributed by atoms with Gasteiger partial charge >= 0.3 is 12.1 Å². The highest BCUT2D eigenvalue weighted by molar-refractivity contribution is 5.67. The van der Waals surface area contributed by atoms with Gasteiger partial charge in [0.1, 0.15) is 5.75 Å². The molecule has 0 unspecified atom stereocenters. The number of nitrogens with zero attached hydrogens (tertiary/aromatic N) is 1. The summed E-state index contributed by atoms with van der Waals surface area (Å²) < 4.78 is 45.0. The zero-order valence-corrected chi connectivity index (χ0v) is 20.7. The van der Waals surface area contributed by atoms with Crippen LogP contribution in [-0.2, 0) is 17.5 Å². The Balaban J connectivity index is 1.89. The van der Waals surface area contributed by atoms with Crippen LogP contribution in [0.1, 0.15) is 69.1 Å². The zero-order valence-electron chi connectivity index (χ0n) is 20.7. The summed E-state index contributed by atoms with van der Waals surface area (Å²) >= 11 is 0. The third kappa shape index (κ3) is 7.72. The Hall–Kier alpha value is -2.54. The number of halogens is 3. The first kappa shape index (κ1) is 27.1. The molecule has 1 saturated carbocycles. The molecule has 1 fully saturated rings. The monoisotopic (exact) mass is 491 g/mol. The lowest BCUT2D eigenvalue weighted by Crippen LogP contribution is -2.44. The van der Waals surface area contributed by atoms with Gasteiger partial charge in [-0.25, -0.2) is 0 Å². The van der Waals surface area contributed by atoms with Crippen LogP contribution < -0.4 is 4.74 Å². The highest BCUT2D eigenvalue weighted by Gasteiger charge is 2.37. The second-order valence-electron chi connectivity index (χ2n) is 9.97. The van der Waals surface area contributed by atoms with Crippen LogP contribution in [0.4, 0.5) is 13.2 Å². The quantitative estimate of drug-likeness (QED) is 0.389. The van der Waals surface area contributed by atoms with Gasteiger partial charge in [0, 0.05) is 25.6 Å². The number of carbonyl (C=O) groups is 1. The summed E-state index contributed by atoms with van der Waals surface area (Å²) in [5, 5.41) is 9.35. The second kappa shape index (κ2) is 11.9. The Morgan fingerprint density at radius 1 is 1.09 bits per heavy atom. The van der Waals surface area contributed by atoms with Gasteiger partial charge < -0.3 is 9.84 Å². The molecule has 0 aromatic heterocycles. The number of ether oxygens (including phenoxy) is 1. The number of rotatable bonds is 10. The molecule has 4 nitrogen and oxygen atoms in total. The number of hydrogen-bond donors (Lipinski definition) is 1. The number of carboxylic acid groups (broad SMARTS) is 1. The molecule has 192 valence electrons. The molecular weight excluding hydrogens is 455 g/mol. The molecule has 0 spiro atoms. The first-order valence-electron chi connectivity index (χ1n) is 12.4. The molecule has 2 aromatic carbocycles. The van der Waals surface area contributed by atoms with Crippen molar-refractivity contribution in [3.05, 3.63) is 65.2 Å². The van der Waals surface area contributed by atoms with Crippen LogP contribution in [-0.4, -0.2) is 35.2 Å². The summed E-state index contributed by atoms with van der Waals surface area (Å²) in [6.07, 6.45) is -2.03. The van der Waals surface area contributed by atoms with Gasteiger partial charge in [-0.2, -0.15) is 13.2 Å². The van der Waals surface area contributed by atoms with E-state index in [1.165, 1.54) is 0 Å². The lowest BCUT2D eigenvalue weighted by atomic mass is 9.72. The van der Waals surface area contributed by atoms with Crippen molar-refractivity contribution in [2.24, 2.45) is 11.8 Å². The van der Waals surface area contributed by atoms with E-state index in [4.69, 9.17) is 4.74 Å². The van der Waals surface area contributed by atoms with Crippen LogP contribution >= 0.6 is 0 Å². The van der Waals surface area contributed by atoms with Gasteiger partial charge in [-0.15, -0.1) is 0 Å². The summed E-state index contributed by atoms with van der Waals surface area (Å²) in [6.45, 7) is 8.44. The fourth-order valence-corrected chi connectivity index (χ4v) is 5.27. The second-order valence-corrected chi connectivity index (χ2v) is 9.97. The fourth-order valence-electron chi connectivity index (χ4n) is 5.27. The molecule has 0 aliphatic heterocycles. The molecule has 0 radical (unpaired) electrons. The summed E-state index contributed by atoms with van der Waals surface area (Å²) in [5.74, 6) is 0.387. The van der Waals surface area contributed by atoms with Crippen molar-refractivity contribution in [1.82, 2.24) is 4.90 Å². The van der Waals surface area contributed by atoms with E-state index in [0.717, 1.165) is 54.9 Å². The molecule has 2 aromatic rings. The van der Waals surface area contributed by atoms with Crippen LogP contribution in [0.3, 0.4) is 0 Å². The fraction of sp³-hybridized carbons (Fsp3) is 0.536. The smallest absolute Gasteiger partial charge is 0.416 e. The van der Waals surface area contributed by atoms with Gasteiger partial charge in [-0.05, 0) is 79.3 Å². The molecule has 0 bridgehead atoms.